The Morgan fingerprint density at radius 1 is 1.15 bits per heavy atom. The fraction of sp³-hybridized carbons (Fsp3) is 0.222. The van der Waals surface area contributed by atoms with Gasteiger partial charge in [-0.2, -0.15) is 10.2 Å². The zero-order chi connectivity index (χ0) is 18.7. The number of thiazole rings is 1. The first-order chi connectivity index (χ1) is 13.1. The molecule has 27 heavy (non-hydrogen) atoms. The predicted octanol–water partition coefficient (Wildman–Crippen LogP) is 1.74. The van der Waals surface area contributed by atoms with E-state index in [4.69, 9.17) is 5.73 Å². The largest absolute Gasteiger partial charge is 0.325 e. The molecular weight excluding hydrogens is 362 g/mol. The van der Waals surface area contributed by atoms with Gasteiger partial charge in [-0.1, -0.05) is 12.1 Å². The van der Waals surface area contributed by atoms with Crippen LogP contribution in [0.3, 0.4) is 0 Å². The average Bonchev–Trinajstić information content (AvgIpc) is 3.33. The van der Waals surface area contributed by atoms with Gasteiger partial charge in [-0.25, -0.2) is 9.67 Å². The molecule has 5 aromatic rings. The number of hydrogen-bond donors (Lipinski definition) is 1. The Kier molecular flexibility index (Phi) is 3.43. The molecule has 0 aliphatic heterocycles. The van der Waals surface area contributed by atoms with Crippen molar-refractivity contribution < 1.29 is 0 Å². The lowest BCUT2D eigenvalue weighted by atomic mass is 10.1. The summed E-state index contributed by atoms with van der Waals surface area (Å²) in [5.41, 5.74) is 9.00. The second kappa shape index (κ2) is 5.73. The molecule has 1 aromatic carbocycles. The van der Waals surface area contributed by atoms with Crippen molar-refractivity contribution in [3.05, 3.63) is 51.5 Å². The van der Waals surface area contributed by atoms with Crippen molar-refractivity contribution in [3.63, 3.8) is 0 Å². The summed E-state index contributed by atoms with van der Waals surface area (Å²) in [6.45, 7) is 0.776. The van der Waals surface area contributed by atoms with Crippen LogP contribution in [0.25, 0.3) is 32.2 Å². The van der Waals surface area contributed by atoms with Crippen molar-refractivity contribution in [2.45, 2.75) is 13.1 Å². The normalized spacial score (nSPS) is 12.0. The van der Waals surface area contributed by atoms with Crippen molar-refractivity contribution >= 4 is 43.5 Å². The van der Waals surface area contributed by atoms with E-state index in [9.17, 15) is 4.79 Å². The summed E-state index contributed by atoms with van der Waals surface area (Å²) < 4.78 is 6.12. The quantitative estimate of drug-likeness (QED) is 0.515. The van der Waals surface area contributed by atoms with E-state index in [0.29, 0.717) is 18.6 Å². The maximum atomic E-state index is 13.1. The predicted molar refractivity (Wildman–Crippen MR) is 106 cm³/mol. The van der Waals surface area contributed by atoms with Crippen LogP contribution in [-0.2, 0) is 27.2 Å². The molecule has 0 saturated heterocycles. The van der Waals surface area contributed by atoms with Crippen LogP contribution in [0, 0.1) is 0 Å². The van der Waals surface area contributed by atoms with Crippen molar-refractivity contribution in [2.24, 2.45) is 19.8 Å². The molecule has 0 atom stereocenters. The Hall–Kier alpha value is -3.04. The maximum absolute atomic E-state index is 13.1. The van der Waals surface area contributed by atoms with Gasteiger partial charge in [-0.05, 0) is 11.6 Å². The molecule has 0 bridgehead atoms. The molecule has 0 radical (unpaired) electrons. The van der Waals surface area contributed by atoms with E-state index in [0.717, 1.165) is 37.2 Å². The minimum Gasteiger partial charge on any atom is -0.325 e. The van der Waals surface area contributed by atoms with Crippen molar-refractivity contribution in [1.82, 2.24) is 29.1 Å². The van der Waals surface area contributed by atoms with Gasteiger partial charge in [0.2, 0.25) is 0 Å². The molecule has 0 spiro atoms. The first-order valence-electron chi connectivity index (χ1n) is 8.52. The molecule has 0 unspecified atom stereocenters. The molecule has 2 N–H and O–H groups in total. The first kappa shape index (κ1) is 16.2. The first-order valence-corrected chi connectivity index (χ1v) is 9.33. The van der Waals surface area contributed by atoms with Gasteiger partial charge >= 0.3 is 0 Å². The Labute approximate surface area is 157 Å². The van der Waals surface area contributed by atoms with Crippen LogP contribution >= 0.6 is 11.3 Å². The fourth-order valence-corrected chi connectivity index (χ4v) is 4.55. The number of benzene rings is 1. The molecule has 0 fully saturated rings. The van der Waals surface area contributed by atoms with Gasteiger partial charge < -0.3 is 10.3 Å². The third-order valence-electron chi connectivity index (χ3n) is 4.95. The number of rotatable bonds is 3. The van der Waals surface area contributed by atoms with Gasteiger partial charge in [0.05, 0.1) is 29.2 Å². The minimum atomic E-state index is -0.129. The molecular formula is C18H17N7OS. The highest BCUT2D eigenvalue weighted by molar-refractivity contribution is 7.19. The highest BCUT2D eigenvalue weighted by Crippen LogP contribution is 2.30. The molecule has 9 heteroatoms. The van der Waals surface area contributed by atoms with E-state index in [1.165, 1.54) is 16.0 Å². The average molecular weight is 379 g/mol. The van der Waals surface area contributed by atoms with E-state index >= 15 is 0 Å². The molecule has 8 nitrogen and oxygen atoms in total. The summed E-state index contributed by atoms with van der Waals surface area (Å²) in [6, 6.07) is 5.98. The van der Waals surface area contributed by atoms with E-state index in [1.807, 2.05) is 47.7 Å². The molecule has 5 rings (SSSR count). The summed E-state index contributed by atoms with van der Waals surface area (Å²) in [4.78, 5) is 17.7. The number of fused-ring (bicyclic) bond motifs is 4. The van der Waals surface area contributed by atoms with Crippen LogP contribution < -0.4 is 11.3 Å². The SMILES string of the molecule is Cn1ncc2c(Cn3ncc4c5sc(CN)nc5n(C)c4c3=O)cccc21. The van der Waals surface area contributed by atoms with Gasteiger partial charge in [0.25, 0.3) is 5.56 Å². The van der Waals surface area contributed by atoms with Crippen LogP contribution in [0.2, 0.25) is 0 Å². The Bertz CT molecular complexity index is 1390. The summed E-state index contributed by atoms with van der Waals surface area (Å²) in [5, 5.41) is 11.4. The summed E-state index contributed by atoms with van der Waals surface area (Å²) in [5.74, 6) is 0. The van der Waals surface area contributed by atoms with E-state index in [-0.39, 0.29) is 5.56 Å². The molecule has 0 aliphatic rings. The Morgan fingerprint density at radius 2 is 1.96 bits per heavy atom. The fourth-order valence-electron chi connectivity index (χ4n) is 3.57. The highest BCUT2D eigenvalue weighted by atomic mass is 32.1. The maximum Gasteiger partial charge on any atom is 0.291 e. The number of aromatic nitrogens is 6. The van der Waals surface area contributed by atoms with Crippen molar-refractivity contribution in [1.29, 1.82) is 0 Å². The van der Waals surface area contributed by atoms with Gasteiger partial charge in [0, 0.05) is 31.4 Å². The summed E-state index contributed by atoms with van der Waals surface area (Å²) in [7, 11) is 3.76. The van der Waals surface area contributed by atoms with E-state index < -0.39 is 0 Å². The Balaban J connectivity index is 1.69. The summed E-state index contributed by atoms with van der Waals surface area (Å²) in [6.07, 6.45) is 3.58. The van der Waals surface area contributed by atoms with Crippen LogP contribution in [0.5, 0.6) is 0 Å². The van der Waals surface area contributed by atoms with Crippen LogP contribution in [0.4, 0.5) is 0 Å². The number of nitrogens with zero attached hydrogens (tertiary/aromatic N) is 6. The molecule has 0 saturated carbocycles. The third kappa shape index (κ3) is 2.25. The zero-order valence-corrected chi connectivity index (χ0v) is 15.7. The minimum absolute atomic E-state index is 0.129. The monoisotopic (exact) mass is 379 g/mol. The molecule has 136 valence electrons. The molecule has 4 aromatic heterocycles. The van der Waals surface area contributed by atoms with Crippen LogP contribution in [-0.4, -0.2) is 29.1 Å². The zero-order valence-electron chi connectivity index (χ0n) is 14.9. The highest BCUT2D eigenvalue weighted by Gasteiger charge is 2.18. The standard InChI is InChI=1S/C18H17N7OS/c1-23-15-12(16-17(23)22-14(6-19)27-16)8-21-25(18(15)26)9-10-4-3-5-13-11(10)7-20-24(13)2/h3-5,7-8H,6,9,19H2,1-2H3. The van der Waals surface area contributed by atoms with Crippen LogP contribution in [0.15, 0.2) is 35.4 Å². The topological polar surface area (TPSA) is 96.5 Å². The van der Waals surface area contributed by atoms with Crippen LogP contribution in [0.1, 0.15) is 10.6 Å². The number of nitrogens with two attached hydrogens (primary N) is 1. The molecule has 0 amide bonds. The number of aryl methyl sites for hydroxylation is 2. The van der Waals surface area contributed by atoms with Crippen molar-refractivity contribution in [3.8, 4) is 0 Å². The van der Waals surface area contributed by atoms with Gasteiger partial charge in [-0.15, -0.1) is 11.3 Å². The lowest BCUT2D eigenvalue weighted by Crippen LogP contribution is -2.24. The Morgan fingerprint density at radius 3 is 2.78 bits per heavy atom. The lowest BCUT2D eigenvalue weighted by Gasteiger charge is -2.07. The third-order valence-corrected chi connectivity index (χ3v) is 6.05. The second-order valence-electron chi connectivity index (χ2n) is 6.51. The van der Waals surface area contributed by atoms with Gasteiger partial charge in [0.15, 0.2) is 5.65 Å². The van der Waals surface area contributed by atoms with Crippen molar-refractivity contribution in [2.75, 3.05) is 0 Å². The van der Waals surface area contributed by atoms with Gasteiger partial charge in [0.1, 0.15) is 10.5 Å². The number of hydrogen-bond acceptors (Lipinski definition) is 6. The lowest BCUT2D eigenvalue weighted by molar-refractivity contribution is 0.647. The smallest absolute Gasteiger partial charge is 0.291 e. The van der Waals surface area contributed by atoms with E-state index in [2.05, 4.69) is 15.2 Å². The molecule has 0 aliphatic carbocycles. The van der Waals surface area contributed by atoms with Gasteiger partial charge in [-0.3, -0.25) is 9.48 Å². The summed E-state index contributed by atoms with van der Waals surface area (Å²) >= 11 is 1.51. The van der Waals surface area contributed by atoms with E-state index in [1.54, 1.807) is 6.20 Å². The molecule has 4 heterocycles. The second-order valence-corrected chi connectivity index (χ2v) is 7.59.